The minimum atomic E-state index is 0.0241. The van der Waals surface area contributed by atoms with Crippen LogP contribution in [0.5, 0.6) is 0 Å². The van der Waals surface area contributed by atoms with Gasteiger partial charge in [-0.3, -0.25) is 9.78 Å². The summed E-state index contributed by atoms with van der Waals surface area (Å²) in [6.45, 7) is 9.37. The molecule has 0 aliphatic heterocycles. The zero-order valence-electron chi connectivity index (χ0n) is 14.1. The Morgan fingerprint density at radius 3 is 2.64 bits per heavy atom. The molecule has 0 aliphatic carbocycles. The molecule has 0 fully saturated rings. The average molecular weight is 299 g/mol. The first kappa shape index (κ1) is 16.3. The minimum Gasteiger partial charge on any atom is -0.372 e. The average Bonchev–Trinajstić information content (AvgIpc) is 2.48. The Morgan fingerprint density at radius 2 is 1.95 bits per heavy atom. The van der Waals surface area contributed by atoms with Gasteiger partial charge in [-0.05, 0) is 25.5 Å². The summed E-state index contributed by atoms with van der Waals surface area (Å²) >= 11 is 0. The topological polar surface area (TPSA) is 45.2 Å². The van der Waals surface area contributed by atoms with Gasteiger partial charge in [0.2, 0.25) is 5.91 Å². The third-order valence-corrected chi connectivity index (χ3v) is 4.00. The second-order valence-electron chi connectivity index (χ2n) is 6.06. The van der Waals surface area contributed by atoms with Gasteiger partial charge in [0.1, 0.15) is 0 Å². The number of pyridine rings is 1. The fourth-order valence-corrected chi connectivity index (χ4v) is 2.56. The number of amides is 1. The normalized spacial score (nSPS) is 11.0. The molecule has 0 saturated carbocycles. The van der Waals surface area contributed by atoms with Crippen molar-refractivity contribution in [1.82, 2.24) is 10.3 Å². The van der Waals surface area contributed by atoms with Gasteiger partial charge in [0.05, 0.1) is 11.2 Å². The van der Waals surface area contributed by atoms with E-state index in [1.165, 1.54) is 11.3 Å². The van der Waals surface area contributed by atoms with Gasteiger partial charge in [0, 0.05) is 37.1 Å². The largest absolute Gasteiger partial charge is 0.372 e. The summed E-state index contributed by atoms with van der Waals surface area (Å²) in [4.78, 5) is 18.5. The van der Waals surface area contributed by atoms with Crippen molar-refractivity contribution in [3.05, 3.63) is 35.5 Å². The van der Waals surface area contributed by atoms with Gasteiger partial charge < -0.3 is 10.2 Å². The lowest BCUT2D eigenvalue weighted by Crippen LogP contribution is -2.35. The summed E-state index contributed by atoms with van der Waals surface area (Å²) in [5, 5.41) is 4.12. The third kappa shape index (κ3) is 3.38. The molecule has 0 spiro atoms. The molecule has 0 bridgehead atoms. The molecular weight excluding hydrogens is 274 g/mol. The van der Waals surface area contributed by atoms with Gasteiger partial charge in [0.15, 0.2) is 0 Å². The number of aryl methyl sites for hydroxylation is 1. The second kappa shape index (κ2) is 6.77. The van der Waals surface area contributed by atoms with Crippen molar-refractivity contribution in [1.29, 1.82) is 0 Å². The number of nitrogens with zero attached hydrogens (tertiary/aromatic N) is 2. The summed E-state index contributed by atoms with van der Waals surface area (Å²) in [5.74, 6) is 0.122. The van der Waals surface area contributed by atoms with Crippen molar-refractivity contribution in [3.63, 3.8) is 0 Å². The van der Waals surface area contributed by atoms with Crippen molar-refractivity contribution < 1.29 is 4.79 Å². The standard InChI is InChI=1S/C18H25N3O/c1-12(2)18(22)19-10-11-21(5)17-13(3)14(4)20-16-9-7-6-8-15(16)17/h6-9,12H,10-11H2,1-5H3,(H,19,22). The van der Waals surface area contributed by atoms with E-state index in [9.17, 15) is 4.79 Å². The zero-order chi connectivity index (χ0) is 16.3. The van der Waals surface area contributed by atoms with Crippen LogP contribution in [0.15, 0.2) is 24.3 Å². The molecule has 1 aromatic heterocycles. The molecule has 118 valence electrons. The molecule has 1 heterocycles. The zero-order valence-corrected chi connectivity index (χ0v) is 14.1. The highest BCUT2D eigenvalue weighted by Crippen LogP contribution is 2.30. The summed E-state index contributed by atoms with van der Waals surface area (Å²) in [7, 11) is 2.07. The van der Waals surface area contributed by atoms with Crippen LogP contribution in [-0.4, -0.2) is 31.0 Å². The number of hydrogen-bond donors (Lipinski definition) is 1. The SMILES string of the molecule is Cc1nc2ccccc2c(N(C)CCNC(=O)C(C)C)c1C. The van der Waals surface area contributed by atoms with E-state index in [0.717, 1.165) is 23.1 Å². The Labute approximate surface area is 132 Å². The van der Waals surface area contributed by atoms with E-state index in [4.69, 9.17) is 0 Å². The second-order valence-corrected chi connectivity index (χ2v) is 6.06. The van der Waals surface area contributed by atoms with Crippen LogP contribution in [0.4, 0.5) is 5.69 Å². The number of fused-ring (bicyclic) bond motifs is 1. The summed E-state index contributed by atoms with van der Waals surface area (Å²) in [6.07, 6.45) is 0. The first-order chi connectivity index (χ1) is 10.4. The highest BCUT2D eigenvalue weighted by atomic mass is 16.1. The summed E-state index contributed by atoms with van der Waals surface area (Å²) in [5.41, 5.74) is 4.45. The van der Waals surface area contributed by atoms with Crippen LogP contribution in [0, 0.1) is 19.8 Å². The smallest absolute Gasteiger partial charge is 0.222 e. The van der Waals surface area contributed by atoms with E-state index in [1.807, 2.05) is 39.0 Å². The summed E-state index contributed by atoms with van der Waals surface area (Å²) < 4.78 is 0. The van der Waals surface area contributed by atoms with Crippen LogP contribution in [0.2, 0.25) is 0 Å². The van der Waals surface area contributed by atoms with E-state index in [-0.39, 0.29) is 11.8 Å². The van der Waals surface area contributed by atoms with Crippen molar-refractivity contribution in [2.75, 3.05) is 25.0 Å². The first-order valence-corrected chi connectivity index (χ1v) is 7.76. The Balaban J connectivity index is 2.22. The molecule has 2 rings (SSSR count). The van der Waals surface area contributed by atoms with Crippen LogP contribution >= 0.6 is 0 Å². The maximum Gasteiger partial charge on any atom is 0.222 e. The number of aromatic nitrogens is 1. The summed E-state index contributed by atoms with van der Waals surface area (Å²) in [6, 6.07) is 8.19. The van der Waals surface area contributed by atoms with Gasteiger partial charge in [-0.15, -0.1) is 0 Å². The fraction of sp³-hybridized carbons (Fsp3) is 0.444. The monoisotopic (exact) mass is 299 g/mol. The fourth-order valence-electron chi connectivity index (χ4n) is 2.56. The molecule has 0 aliphatic rings. The Hall–Kier alpha value is -2.10. The van der Waals surface area contributed by atoms with Crippen molar-refractivity contribution in [2.45, 2.75) is 27.7 Å². The molecule has 0 atom stereocenters. The minimum absolute atomic E-state index is 0.0241. The van der Waals surface area contributed by atoms with Crippen LogP contribution in [0.25, 0.3) is 10.9 Å². The number of rotatable bonds is 5. The number of nitrogens with one attached hydrogen (secondary N) is 1. The Morgan fingerprint density at radius 1 is 1.27 bits per heavy atom. The highest BCUT2D eigenvalue weighted by molar-refractivity contribution is 5.93. The molecule has 4 nitrogen and oxygen atoms in total. The molecule has 0 saturated heterocycles. The Kier molecular flexibility index (Phi) is 5.01. The van der Waals surface area contributed by atoms with Crippen LogP contribution < -0.4 is 10.2 Å². The molecule has 1 N–H and O–H groups in total. The van der Waals surface area contributed by atoms with Crippen molar-refractivity contribution in [2.24, 2.45) is 5.92 Å². The van der Waals surface area contributed by atoms with Gasteiger partial charge in [-0.2, -0.15) is 0 Å². The number of carbonyl (C=O) groups excluding carboxylic acids is 1. The quantitative estimate of drug-likeness (QED) is 0.923. The highest BCUT2D eigenvalue weighted by Gasteiger charge is 2.13. The predicted octanol–water partition coefficient (Wildman–Crippen LogP) is 3.06. The molecule has 22 heavy (non-hydrogen) atoms. The van der Waals surface area contributed by atoms with Crippen molar-refractivity contribution in [3.8, 4) is 0 Å². The maximum absolute atomic E-state index is 11.7. The lowest BCUT2D eigenvalue weighted by atomic mass is 10.1. The van der Waals surface area contributed by atoms with E-state index >= 15 is 0 Å². The van der Waals surface area contributed by atoms with Gasteiger partial charge in [-0.25, -0.2) is 0 Å². The first-order valence-electron chi connectivity index (χ1n) is 7.76. The van der Waals surface area contributed by atoms with E-state index in [1.54, 1.807) is 0 Å². The number of hydrogen-bond acceptors (Lipinski definition) is 3. The molecular formula is C18H25N3O. The van der Waals surface area contributed by atoms with E-state index in [2.05, 4.69) is 35.2 Å². The number of anilines is 1. The van der Waals surface area contributed by atoms with Crippen LogP contribution in [-0.2, 0) is 4.79 Å². The van der Waals surface area contributed by atoms with Gasteiger partial charge in [0.25, 0.3) is 0 Å². The lowest BCUT2D eigenvalue weighted by Gasteiger charge is -2.24. The molecule has 2 aromatic rings. The van der Waals surface area contributed by atoms with Gasteiger partial charge >= 0.3 is 0 Å². The van der Waals surface area contributed by atoms with Crippen LogP contribution in [0.1, 0.15) is 25.1 Å². The molecule has 1 amide bonds. The predicted molar refractivity (Wildman–Crippen MR) is 92.3 cm³/mol. The number of carbonyl (C=O) groups is 1. The van der Waals surface area contributed by atoms with E-state index < -0.39 is 0 Å². The lowest BCUT2D eigenvalue weighted by molar-refractivity contribution is -0.123. The van der Waals surface area contributed by atoms with Crippen molar-refractivity contribution >= 4 is 22.5 Å². The number of para-hydroxylation sites is 1. The van der Waals surface area contributed by atoms with E-state index in [0.29, 0.717) is 6.54 Å². The maximum atomic E-state index is 11.7. The van der Waals surface area contributed by atoms with Gasteiger partial charge in [-0.1, -0.05) is 32.0 Å². The molecule has 4 heteroatoms. The van der Waals surface area contributed by atoms with Crippen LogP contribution in [0.3, 0.4) is 0 Å². The molecule has 1 aromatic carbocycles. The number of likely N-dealkylation sites (N-methyl/N-ethyl adjacent to an activating group) is 1. The Bertz CT molecular complexity index is 679. The number of benzene rings is 1. The molecule has 0 radical (unpaired) electrons. The third-order valence-electron chi connectivity index (χ3n) is 4.00. The molecule has 0 unspecified atom stereocenters.